The first-order chi connectivity index (χ1) is 9.13. The quantitative estimate of drug-likeness (QED) is 0.600. The van der Waals surface area contributed by atoms with Crippen molar-refractivity contribution in [2.75, 3.05) is 38.7 Å². The average molecular weight is 359 g/mol. The molecule has 0 bridgehead atoms. The Bertz CT molecular complexity index is 431. The summed E-state index contributed by atoms with van der Waals surface area (Å²) in [5.41, 5.74) is 0.311. The summed E-state index contributed by atoms with van der Waals surface area (Å²) in [5.74, 6) is -0.454. The predicted molar refractivity (Wildman–Crippen MR) is 88.0 cm³/mol. The number of amides is 2. The molecule has 0 unspecified atom stereocenters. The van der Waals surface area contributed by atoms with E-state index < -0.39 is 0 Å². The Hall–Kier alpha value is -0.930. The van der Waals surface area contributed by atoms with Gasteiger partial charge in [-0.3, -0.25) is 9.59 Å². The van der Waals surface area contributed by atoms with E-state index >= 15 is 0 Å². The summed E-state index contributed by atoms with van der Waals surface area (Å²) < 4.78 is 4.88. The molecule has 1 rings (SSSR count). The number of rotatable bonds is 8. The molecule has 0 fully saturated rings. The molecule has 2 amide bonds. The first-order valence-electron chi connectivity index (χ1n) is 5.84. The van der Waals surface area contributed by atoms with Crippen molar-refractivity contribution in [1.82, 2.24) is 15.6 Å². The van der Waals surface area contributed by atoms with E-state index in [9.17, 15) is 9.59 Å². The van der Waals surface area contributed by atoms with Crippen LogP contribution in [0, 0.1) is 0 Å². The molecule has 1 aromatic heterocycles. The second-order valence-electron chi connectivity index (χ2n) is 3.72. The Morgan fingerprint density at radius 1 is 1.29 bits per heavy atom. The molecular weight excluding hydrogens is 339 g/mol. The second-order valence-corrected chi connectivity index (χ2v) is 4.58. The summed E-state index contributed by atoms with van der Waals surface area (Å²) in [5, 5.41) is 10.4. The van der Waals surface area contributed by atoms with Crippen LogP contribution >= 0.6 is 36.2 Å². The molecule has 7 nitrogen and oxygen atoms in total. The third-order valence-corrected chi connectivity index (χ3v) is 2.85. The van der Waals surface area contributed by atoms with Crippen molar-refractivity contribution < 1.29 is 14.3 Å². The molecule has 0 saturated heterocycles. The zero-order valence-corrected chi connectivity index (χ0v) is 14.3. The zero-order valence-electron chi connectivity index (χ0n) is 11.8. The van der Waals surface area contributed by atoms with Gasteiger partial charge in [-0.15, -0.1) is 36.2 Å². The highest BCUT2D eigenvalue weighted by Gasteiger charge is 2.10. The molecule has 0 atom stereocenters. The van der Waals surface area contributed by atoms with Crippen LogP contribution in [0.15, 0.2) is 5.38 Å². The number of carbonyl (C=O) groups is 2. The van der Waals surface area contributed by atoms with Crippen molar-refractivity contribution in [3.63, 3.8) is 0 Å². The Kier molecular flexibility index (Phi) is 13.6. The van der Waals surface area contributed by atoms with Gasteiger partial charge < -0.3 is 20.7 Å². The van der Waals surface area contributed by atoms with Crippen molar-refractivity contribution in [3.05, 3.63) is 11.1 Å². The van der Waals surface area contributed by atoms with Gasteiger partial charge in [0.05, 0.1) is 6.61 Å². The third-order valence-electron chi connectivity index (χ3n) is 2.09. The number of hydrogen-bond donors (Lipinski definition) is 3. The molecule has 0 spiro atoms. The minimum Gasteiger partial charge on any atom is -0.383 e. The van der Waals surface area contributed by atoms with Gasteiger partial charge in [-0.2, -0.15) is 0 Å². The van der Waals surface area contributed by atoms with Crippen molar-refractivity contribution in [3.8, 4) is 0 Å². The highest BCUT2D eigenvalue weighted by Crippen LogP contribution is 2.14. The van der Waals surface area contributed by atoms with Gasteiger partial charge in [-0.05, 0) is 0 Å². The predicted octanol–water partition coefficient (Wildman–Crippen LogP) is 0.911. The summed E-state index contributed by atoms with van der Waals surface area (Å²) >= 11 is 1.22. The van der Waals surface area contributed by atoms with Gasteiger partial charge in [0.2, 0.25) is 5.91 Å². The fourth-order valence-corrected chi connectivity index (χ4v) is 1.98. The molecule has 0 aliphatic rings. The van der Waals surface area contributed by atoms with Crippen LogP contribution in [0.3, 0.4) is 0 Å². The van der Waals surface area contributed by atoms with Crippen molar-refractivity contribution in [2.45, 2.75) is 6.92 Å². The van der Waals surface area contributed by atoms with Crippen LogP contribution in [0.25, 0.3) is 0 Å². The Labute approximate surface area is 140 Å². The molecule has 0 aliphatic heterocycles. The SMILES string of the molecule is COCCNCCNC(=O)c1csc(NC(C)=O)n1.Cl.Cl. The smallest absolute Gasteiger partial charge is 0.270 e. The topological polar surface area (TPSA) is 92.4 Å². The van der Waals surface area contributed by atoms with Gasteiger partial charge in [0.25, 0.3) is 5.91 Å². The van der Waals surface area contributed by atoms with Gasteiger partial charge in [0, 0.05) is 39.0 Å². The lowest BCUT2D eigenvalue weighted by Crippen LogP contribution is -2.33. The lowest BCUT2D eigenvalue weighted by atomic mass is 10.4. The number of nitrogens with one attached hydrogen (secondary N) is 3. The number of carbonyl (C=O) groups excluding carboxylic acids is 2. The van der Waals surface area contributed by atoms with Crippen LogP contribution in [-0.4, -0.2) is 50.1 Å². The van der Waals surface area contributed by atoms with E-state index in [-0.39, 0.29) is 36.6 Å². The minimum atomic E-state index is -0.249. The highest BCUT2D eigenvalue weighted by atomic mass is 35.5. The van der Waals surface area contributed by atoms with Crippen molar-refractivity contribution >= 4 is 53.1 Å². The van der Waals surface area contributed by atoms with E-state index in [0.29, 0.717) is 30.5 Å². The van der Waals surface area contributed by atoms with Crippen LogP contribution < -0.4 is 16.0 Å². The molecule has 21 heavy (non-hydrogen) atoms. The lowest BCUT2D eigenvalue weighted by Gasteiger charge is -2.05. The number of thiazole rings is 1. The second kappa shape index (κ2) is 12.8. The van der Waals surface area contributed by atoms with Crippen LogP contribution in [0.5, 0.6) is 0 Å². The summed E-state index contributed by atoms with van der Waals surface area (Å²) in [7, 11) is 1.64. The molecule has 10 heteroatoms. The molecule has 0 aliphatic carbocycles. The fraction of sp³-hybridized carbons (Fsp3) is 0.545. The number of methoxy groups -OCH3 is 1. The maximum Gasteiger partial charge on any atom is 0.270 e. The standard InChI is InChI=1S/C11H18N4O3S.2ClH/c1-8(16)14-11-15-9(7-19-11)10(17)13-4-3-12-5-6-18-2;;/h7,12H,3-6H2,1-2H3,(H,13,17)(H,14,15,16);2*1H. The molecule has 0 saturated carbocycles. The van der Waals surface area contributed by atoms with E-state index in [1.807, 2.05) is 0 Å². The number of nitrogens with zero attached hydrogens (tertiary/aromatic N) is 1. The molecule has 3 N–H and O–H groups in total. The van der Waals surface area contributed by atoms with Gasteiger partial charge in [0.15, 0.2) is 5.13 Å². The van der Waals surface area contributed by atoms with Gasteiger partial charge in [-0.25, -0.2) is 4.98 Å². The molecule has 1 aromatic rings. The average Bonchev–Trinajstić information content (AvgIpc) is 2.81. The molecule has 0 aromatic carbocycles. The zero-order chi connectivity index (χ0) is 14.1. The van der Waals surface area contributed by atoms with Crippen LogP contribution in [0.4, 0.5) is 5.13 Å². The fourth-order valence-electron chi connectivity index (χ4n) is 1.24. The van der Waals surface area contributed by atoms with Gasteiger partial charge in [-0.1, -0.05) is 0 Å². The first-order valence-corrected chi connectivity index (χ1v) is 6.72. The highest BCUT2D eigenvalue weighted by molar-refractivity contribution is 7.14. The summed E-state index contributed by atoms with van der Waals surface area (Å²) in [6, 6.07) is 0. The van der Waals surface area contributed by atoms with Crippen LogP contribution in [-0.2, 0) is 9.53 Å². The van der Waals surface area contributed by atoms with E-state index in [1.54, 1.807) is 12.5 Å². The maximum absolute atomic E-state index is 11.7. The Morgan fingerprint density at radius 3 is 2.62 bits per heavy atom. The number of aromatic nitrogens is 1. The lowest BCUT2D eigenvalue weighted by molar-refractivity contribution is -0.114. The van der Waals surface area contributed by atoms with E-state index in [2.05, 4.69) is 20.9 Å². The van der Waals surface area contributed by atoms with Crippen LogP contribution in [0.2, 0.25) is 0 Å². The van der Waals surface area contributed by atoms with Gasteiger partial charge >= 0.3 is 0 Å². The summed E-state index contributed by atoms with van der Waals surface area (Å²) in [6.45, 7) is 3.95. The molecular formula is C11H20Cl2N4O3S. The molecule has 122 valence electrons. The third kappa shape index (κ3) is 9.59. The van der Waals surface area contributed by atoms with E-state index in [1.165, 1.54) is 18.3 Å². The normalized spacial score (nSPS) is 9.24. The molecule has 0 radical (unpaired) electrons. The Morgan fingerprint density at radius 2 is 2.00 bits per heavy atom. The van der Waals surface area contributed by atoms with Gasteiger partial charge in [0.1, 0.15) is 5.69 Å². The molecule has 1 heterocycles. The van der Waals surface area contributed by atoms with Crippen molar-refractivity contribution in [2.24, 2.45) is 0 Å². The summed E-state index contributed by atoms with van der Waals surface area (Å²) in [4.78, 5) is 26.5. The Balaban J connectivity index is 0. The van der Waals surface area contributed by atoms with Crippen LogP contribution in [0.1, 0.15) is 17.4 Å². The largest absolute Gasteiger partial charge is 0.383 e. The number of anilines is 1. The number of halogens is 2. The van der Waals surface area contributed by atoms with E-state index in [0.717, 1.165) is 6.54 Å². The van der Waals surface area contributed by atoms with E-state index in [4.69, 9.17) is 4.74 Å². The summed E-state index contributed by atoms with van der Waals surface area (Å²) in [6.07, 6.45) is 0. The number of ether oxygens (including phenoxy) is 1. The number of hydrogen-bond acceptors (Lipinski definition) is 6. The monoisotopic (exact) mass is 358 g/mol. The minimum absolute atomic E-state index is 0. The first kappa shape index (κ1) is 22.4. The van der Waals surface area contributed by atoms with Crippen molar-refractivity contribution in [1.29, 1.82) is 0 Å². The maximum atomic E-state index is 11.7.